The molecule has 9 heteroatoms. The minimum atomic E-state index is -0.525. The van der Waals surface area contributed by atoms with E-state index in [-0.39, 0.29) is 17.7 Å². The highest BCUT2D eigenvalue weighted by atomic mass is 16.6. The van der Waals surface area contributed by atoms with E-state index in [0.29, 0.717) is 13.1 Å². The van der Waals surface area contributed by atoms with Gasteiger partial charge < -0.3 is 9.64 Å². The van der Waals surface area contributed by atoms with E-state index in [4.69, 9.17) is 9.72 Å². The zero-order valence-electron chi connectivity index (χ0n) is 24.5. The number of fused-ring (bicyclic) bond motifs is 2. The van der Waals surface area contributed by atoms with Gasteiger partial charge in [-0.05, 0) is 79.8 Å². The van der Waals surface area contributed by atoms with Crippen LogP contribution in [-0.2, 0) is 25.9 Å². The lowest BCUT2D eigenvalue weighted by atomic mass is 9.86. The van der Waals surface area contributed by atoms with Gasteiger partial charge in [0.05, 0.1) is 22.9 Å². The van der Waals surface area contributed by atoms with E-state index < -0.39 is 5.60 Å². The molecule has 0 atom stereocenters. The van der Waals surface area contributed by atoms with Gasteiger partial charge in [-0.15, -0.1) is 0 Å². The maximum absolute atomic E-state index is 13.1. The van der Waals surface area contributed by atoms with Gasteiger partial charge in [-0.25, -0.2) is 9.59 Å². The van der Waals surface area contributed by atoms with Gasteiger partial charge in [0.1, 0.15) is 5.60 Å². The first kappa shape index (κ1) is 26.8. The number of likely N-dealkylation sites (tertiary alicyclic amines) is 1. The number of imidazole rings is 1. The summed E-state index contributed by atoms with van der Waals surface area (Å²) in [5, 5.41) is 6.42. The molecular formula is C32H36N6O3. The summed E-state index contributed by atoms with van der Waals surface area (Å²) in [6.07, 6.45) is 7.04. The lowest BCUT2D eigenvalue weighted by Gasteiger charge is -2.34. The molecule has 1 fully saturated rings. The average molecular weight is 553 g/mol. The number of pyridine rings is 1. The molecule has 0 bridgehead atoms. The molecule has 2 aromatic carbocycles. The molecule has 9 nitrogen and oxygen atoms in total. The van der Waals surface area contributed by atoms with Crippen LogP contribution >= 0.6 is 0 Å². The molecule has 0 saturated carbocycles. The smallest absolute Gasteiger partial charge is 0.410 e. The quantitative estimate of drug-likeness (QED) is 0.291. The molecule has 3 aromatic heterocycles. The van der Waals surface area contributed by atoms with Gasteiger partial charge >= 0.3 is 11.8 Å². The van der Waals surface area contributed by atoms with Crippen molar-refractivity contribution in [2.75, 3.05) is 13.1 Å². The van der Waals surface area contributed by atoms with Gasteiger partial charge in [-0.3, -0.25) is 18.8 Å². The van der Waals surface area contributed by atoms with Gasteiger partial charge in [-0.2, -0.15) is 5.10 Å². The summed E-state index contributed by atoms with van der Waals surface area (Å²) < 4.78 is 10.9. The highest BCUT2D eigenvalue weighted by molar-refractivity contribution is 5.99. The van der Waals surface area contributed by atoms with Crippen LogP contribution in [0.3, 0.4) is 0 Å². The summed E-state index contributed by atoms with van der Waals surface area (Å²) in [6, 6.07) is 12.7. The van der Waals surface area contributed by atoms with Crippen molar-refractivity contribution in [1.29, 1.82) is 0 Å². The van der Waals surface area contributed by atoms with Crippen LogP contribution in [0.5, 0.6) is 0 Å². The molecule has 212 valence electrons. The monoisotopic (exact) mass is 552 g/mol. The molecule has 0 N–H and O–H groups in total. The zero-order chi connectivity index (χ0) is 29.1. The molecule has 5 aromatic rings. The van der Waals surface area contributed by atoms with Crippen molar-refractivity contribution in [1.82, 2.24) is 28.8 Å². The lowest BCUT2D eigenvalue weighted by molar-refractivity contribution is 0.0205. The second kappa shape index (κ2) is 9.90. The van der Waals surface area contributed by atoms with E-state index in [1.54, 1.807) is 18.7 Å². The molecule has 1 aliphatic heterocycles. The molecule has 1 saturated heterocycles. The number of aryl methyl sites for hydroxylation is 3. The fourth-order valence-electron chi connectivity index (χ4n) is 5.99. The van der Waals surface area contributed by atoms with E-state index in [1.165, 1.54) is 0 Å². The SMILES string of the molecule is Cn1cc(-c2cc3cccc(-c4cc(C5CCN(C(=O)OC(C)(C)C)CC5)c5c(c4)n(C)c(=O)n5C)c3cn2)cn1. The van der Waals surface area contributed by atoms with Crippen molar-refractivity contribution in [2.24, 2.45) is 21.1 Å². The fraction of sp³-hybridized carbons (Fsp3) is 0.375. The molecule has 4 heterocycles. The third kappa shape index (κ3) is 4.90. The number of rotatable bonds is 3. The highest BCUT2D eigenvalue weighted by Crippen LogP contribution is 2.38. The average Bonchev–Trinajstić information content (AvgIpc) is 3.48. The van der Waals surface area contributed by atoms with Crippen LogP contribution in [0.2, 0.25) is 0 Å². The molecule has 0 unspecified atom stereocenters. The van der Waals surface area contributed by atoms with Crippen LogP contribution in [0.1, 0.15) is 45.1 Å². The van der Waals surface area contributed by atoms with Gasteiger partial charge in [0.2, 0.25) is 0 Å². The van der Waals surface area contributed by atoms with Crippen LogP contribution in [0.25, 0.3) is 44.2 Å². The minimum Gasteiger partial charge on any atom is -0.444 e. The van der Waals surface area contributed by atoms with E-state index in [2.05, 4.69) is 41.5 Å². The van der Waals surface area contributed by atoms with Crippen LogP contribution in [-0.4, -0.2) is 53.6 Å². The Morgan fingerprint density at radius 2 is 1.73 bits per heavy atom. The minimum absolute atomic E-state index is 0.0507. The van der Waals surface area contributed by atoms with Gasteiger partial charge in [0.25, 0.3) is 0 Å². The van der Waals surface area contributed by atoms with E-state index >= 15 is 0 Å². The molecule has 1 amide bonds. The number of carbonyl (C=O) groups is 1. The Kier molecular flexibility index (Phi) is 6.47. The lowest BCUT2D eigenvalue weighted by Crippen LogP contribution is -2.41. The van der Waals surface area contributed by atoms with E-state index in [9.17, 15) is 9.59 Å². The maximum Gasteiger partial charge on any atom is 0.410 e. The number of piperidine rings is 1. The first-order chi connectivity index (χ1) is 19.5. The Hall–Kier alpha value is -4.40. The van der Waals surface area contributed by atoms with Crippen molar-refractivity contribution in [3.63, 3.8) is 0 Å². The number of nitrogens with zero attached hydrogens (tertiary/aromatic N) is 6. The topological polar surface area (TPSA) is 87.2 Å². The Labute approximate surface area is 239 Å². The van der Waals surface area contributed by atoms with Crippen molar-refractivity contribution in [3.05, 3.63) is 71.0 Å². The Morgan fingerprint density at radius 3 is 2.41 bits per heavy atom. The summed E-state index contributed by atoms with van der Waals surface area (Å²) in [5.74, 6) is 0.203. The molecule has 0 spiro atoms. The summed E-state index contributed by atoms with van der Waals surface area (Å²) >= 11 is 0. The van der Waals surface area contributed by atoms with E-state index in [0.717, 1.165) is 62.6 Å². The molecule has 1 aliphatic rings. The maximum atomic E-state index is 13.1. The Morgan fingerprint density at radius 1 is 0.976 bits per heavy atom. The normalized spacial score (nSPS) is 14.7. The number of aromatic nitrogens is 5. The number of amides is 1. The van der Waals surface area contributed by atoms with Gasteiger partial charge in [-0.1, -0.05) is 18.2 Å². The first-order valence-corrected chi connectivity index (χ1v) is 14.1. The van der Waals surface area contributed by atoms with Crippen LogP contribution in [0, 0.1) is 0 Å². The molecule has 41 heavy (non-hydrogen) atoms. The largest absolute Gasteiger partial charge is 0.444 e. The predicted octanol–water partition coefficient (Wildman–Crippen LogP) is 5.61. The van der Waals surface area contributed by atoms with Crippen molar-refractivity contribution in [2.45, 2.75) is 45.1 Å². The van der Waals surface area contributed by atoms with Crippen LogP contribution in [0.4, 0.5) is 4.79 Å². The number of hydrogen-bond acceptors (Lipinski definition) is 5. The fourth-order valence-corrected chi connectivity index (χ4v) is 5.99. The summed E-state index contributed by atoms with van der Waals surface area (Å²) in [6.45, 7) is 6.89. The van der Waals surface area contributed by atoms with Crippen molar-refractivity contribution >= 4 is 27.9 Å². The summed E-state index contributed by atoms with van der Waals surface area (Å²) in [4.78, 5) is 32.3. The molecule has 0 aliphatic carbocycles. The predicted molar refractivity (Wildman–Crippen MR) is 161 cm³/mol. The number of hydrogen-bond donors (Lipinski definition) is 0. The molecule has 0 radical (unpaired) electrons. The van der Waals surface area contributed by atoms with E-state index in [1.807, 2.05) is 60.5 Å². The van der Waals surface area contributed by atoms with Crippen molar-refractivity contribution < 1.29 is 9.53 Å². The number of carbonyl (C=O) groups excluding carboxylic acids is 1. The third-order valence-electron chi connectivity index (χ3n) is 8.05. The second-order valence-electron chi connectivity index (χ2n) is 12.1. The number of benzene rings is 2. The standard InChI is InChI=1S/C32H36N6O3/c1-32(2,3)41-31(40)38-12-10-20(11-13-38)25-14-22(16-28-29(25)37(6)30(39)36(28)5)24-9-7-8-21-15-27(33-18-26(21)24)23-17-34-35(4)19-23/h7-9,14-20H,10-13H2,1-6H3. The third-order valence-corrected chi connectivity index (χ3v) is 8.05. The summed E-state index contributed by atoms with van der Waals surface area (Å²) in [7, 11) is 5.56. The van der Waals surface area contributed by atoms with Gasteiger partial charge in [0.15, 0.2) is 0 Å². The number of ether oxygens (including phenoxy) is 1. The van der Waals surface area contributed by atoms with Crippen LogP contribution < -0.4 is 5.69 Å². The van der Waals surface area contributed by atoms with Gasteiger partial charge in [0, 0.05) is 57.6 Å². The zero-order valence-corrected chi connectivity index (χ0v) is 24.5. The highest BCUT2D eigenvalue weighted by Gasteiger charge is 2.29. The van der Waals surface area contributed by atoms with Crippen LogP contribution in [0.15, 0.2) is 59.8 Å². The Balaban J connectivity index is 1.41. The summed E-state index contributed by atoms with van der Waals surface area (Å²) in [5.41, 5.74) is 6.38. The molecule has 6 rings (SSSR count). The Bertz CT molecular complexity index is 1850. The second-order valence-corrected chi connectivity index (χ2v) is 12.1. The van der Waals surface area contributed by atoms with Crippen molar-refractivity contribution in [3.8, 4) is 22.4 Å². The molecular weight excluding hydrogens is 516 g/mol. The first-order valence-electron chi connectivity index (χ1n) is 14.1.